The van der Waals surface area contributed by atoms with E-state index in [0.29, 0.717) is 0 Å². The maximum Gasteiger partial charge on any atom is 0.143 e. The van der Waals surface area contributed by atoms with Crippen molar-refractivity contribution in [2.75, 3.05) is 9.80 Å². The molecule has 0 spiro atoms. The summed E-state index contributed by atoms with van der Waals surface area (Å²) in [5, 5.41) is 23.9. The summed E-state index contributed by atoms with van der Waals surface area (Å²) in [7, 11) is 0. The van der Waals surface area contributed by atoms with Gasteiger partial charge in [0.2, 0.25) is 0 Å². The standard InChI is InChI=1S/C52H33NO.C46H29NO/c1-3-14-40-36(11-1)13-9-19-41(40)37-25-23-34(24-26-37)35-27-29-39(30-28-35)53(50-33-38-12-2-4-15-42(38)43-16-5-6-17-44(43)50)49-21-10-20-47-45(49)31-32-48-46-18-7-8-22-51(46)54-52(47)48;1-3-12-36-30(9-1)11-7-15-38(36)32-21-23-34(24-22-32)47(35-25-26-39-33(29-35)20-19-31-10-2-4-13-37(31)39)44-17-8-16-42-40(44)27-28-43-41-14-5-6-18-45(41)48-46(42)43/h1-33H;1-29H. The van der Waals surface area contributed by atoms with E-state index in [-0.39, 0.29) is 0 Å². The van der Waals surface area contributed by atoms with E-state index >= 15 is 0 Å². The van der Waals surface area contributed by atoms with Crippen molar-refractivity contribution in [2.45, 2.75) is 0 Å². The predicted octanol–water partition coefficient (Wildman–Crippen LogP) is 28.3. The molecule has 0 bridgehead atoms. The maximum atomic E-state index is 6.54. The molecule has 19 aromatic carbocycles. The molecule has 0 unspecified atom stereocenters. The molecule has 2 heterocycles. The number of para-hydroxylation sites is 2. The van der Waals surface area contributed by atoms with E-state index in [9.17, 15) is 0 Å². The molecular weight excluding hydrogens is 1240 g/mol. The highest BCUT2D eigenvalue weighted by atomic mass is 16.3. The zero-order valence-corrected chi connectivity index (χ0v) is 55.5. The summed E-state index contributed by atoms with van der Waals surface area (Å²) in [5.74, 6) is 0. The van der Waals surface area contributed by atoms with E-state index in [4.69, 9.17) is 8.83 Å². The summed E-state index contributed by atoms with van der Waals surface area (Å²) in [6.45, 7) is 0. The van der Waals surface area contributed by atoms with Crippen molar-refractivity contribution in [1.29, 1.82) is 0 Å². The van der Waals surface area contributed by atoms with Gasteiger partial charge in [-0.05, 0) is 171 Å². The zero-order valence-electron chi connectivity index (χ0n) is 55.5. The van der Waals surface area contributed by atoms with Gasteiger partial charge in [-0.1, -0.05) is 297 Å². The molecule has 2 aromatic heterocycles. The normalized spacial score (nSPS) is 11.7. The van der Waals surface area contributed by atoms with Crippen LogP contribution < -0.4 is 9.80 Å². The van der Waals surface area contributed by atoms with E-state index in [1.807, 2.05) is 18.2 Å². The average Bonchev–Trinajstić information content (AvgIpc) is 1.59. The molecule has 102 heavy (non-hydrogen) atoms. The van der Waals surface area contributed by atoms with Crippen LogP contribution in [0.4, 0.5) is 34.1 Å². The van der Waals surface area contributed by atoms with Crippen LogP contribution in [0, 0.1) is 0 Å². The van der Waals surface area contributed by atoms with Crippen LogP contribution in [0.25, 0.3) is 163 Å². The number of hydrogen-bond donors (Lipinski definition) is 0. The molecule has 0 fully saturated rings. The van der Waals surface area contributed by atoms with Crippen molar-refractivity contribution in [3.05, 3.63) is 376 Å². The van der Waals surface area contributed by atoms with Crippen LogP contribution in [-0.4, -0.2) is 0 Å². The molecular formula is C98H62N2O2. The van der Waals surface area contributed by atoms with Crippen molar-refractivity contribution < 1.29 is 8.83 Å². The average molecular weight is 1300 g/mol. The van der Waals surface area contributed by atoms with Gasteiger partial charge in [-0.15, -0.1) is 0 Å². The fraction of sp³-hybridized carbons (Fsp3) is 0. The number of hydrogen-bond acceptors (Lipinski definition) is 4. The molecule has 476 valence electrons. The molecule has 0 N–H and O–H groups in total. The van der Waals surface area contributed by atoms with Crippen molar-refractivity contribution in [1.82, 2.24) is 0 Å². The van der Waals surface area contributed by atoms with Crippen LogP contribution in [0.2, 0.25) is 0 Å². The van der Waals surface area contributed by atoms with Gasteiger partial charge in [0.15, 0.2) is 0 Å². The molecule has 0 radical (unpaired) electrons. The Balaban J connectivity index is 0.000000138. The summed E-state index contributed by atoms with van der Waals surface area (Å²) in [6.07, 6.45) is 0. The van der Waals surface area contributed by atoms with Gasteiger partial charge < -0.3 is 18.6 Å². The molecule has 0 amide bonds. The lowest BCUT2D eigenvalue weighted by Gasteiger charge is -2.29. The van der Waals surface area contributed by atoms with Crippen LogP contribution in [-0.2, 0) is 0 Å². The van der Waals surface area contributed by atoms with Gasteiger partial charge >= 0.3 is 0 Å². The fourth-order valence-electron chi connectivity index (χ4n) is 16.0. The van der Waals surface area contributed by atoms with Gasteiger partial charge in [-0.25, -0.2) is 0 Å². The number of benzene rings is 19. The number of furan rings is 2. The Morgan fingerprint density at radius 3 is 1.06 bits per heavy atom. The number of nitrogens with zero attached hydrogens (tertiary/aromatic N) is 2. The quantitative estimate of drug-likeness (QED) is 0.135. The second-order valence-electron chi connectivity index (χ2n) is 26.6. The Morgan fingerprint density at radius 1 is 0.167 bits per heavy atom. The summed E-state index contributed by atoms with van der Waals surface area (Å²) in [6, 6.07) is 136. The van der Waals surface area contributed by atoms with Crippen LogP contribution in [0.3, 0.4) is 0 Å². The largest absolute Gasteiger partial charge is 0.455 e. The smallest absolute Gasteiger partial charge is 0.143 e. The van der Waals surface area contributed by atoms with Crippen molar-refractivity contribution >= 4 is 164 Å². The first-order valence-electron chi connectivity index (χ1n) is 34.9. The van der Waals surface area contributed by atoms with Gasteiger partial charge in [-0.3, -0.25) is 0 Å². The Hall–Kier alpha value is -13.5. The fourth-order valence-corrected chi connectivity index (χ4v) is 16.0. The minimum Gasteiger partial charge on any atom is -0.455 e. The van der Waals surface area contributed by atoms with Crippen LogP contribution in [0.5, 0.6) is 0 Å². The van der Waals surface area contributed by atoms with Gasteiger partial charge in [0, 0.05) is 65.5 Å². The third-order valence-electron chi connectivity index (χ3n) is 20.9. The molecule has 0 saturated carbocycles. The Bertz CT molecular complexity index is 6870. The number of fused-ring (bicyclic) bond motifs is 18. The van der Waals surface area contributed by atoms with Gasteiger partial charge in [0.05, 0.1) is 17.1 Å². The highest BCUT2D eigenvalue weighted by Crippen LogP contribution is 2.49. The predicted molar refractivity (Wildman–Crippen MR) is 433 cm³/mol. The minimum absolute atomic E-state index is 0.906. The Morgan fingerprint density at radius 2 is 0.490 bits per heavy atom. The third-order valence-corrected chi connectivity index (χ3v) is 20.9. The highest BCUT2D eigenvalue weighted by Gasteiger charge is 2.24. The van der Waals surface area contributed by atoms with Crippen LogP contribution >= 0.6 is 0 Å². The first-order chi connectivity index (χ1) is 50.6. The summed E-state index contributed by atoms with van der Waals surface area (Å²) >= 11 is 0. The van der Waals surface area contributed by atoms with E-state index < -0.39 is 0 Å². The second kappa shape index (κ2) is 24.2. The molecule has 0 aliphatic carbocycles. The third kappa shape index (κ3) is 9.83. The molecule has 0 atom stereocenters. The Kier molecular flexibility index (Phi) is 13.9. The van der Waals surface area contributed by atoms with Crippen LogP contribution in [0.15, 0.2) is 385 Å². The minimum atomic E-state index is 0.906. The lowest BCUT2D eigenvalue weighted by atomic mass is 9.96. The molecule has 4 heteroatoms. The van der Waals surface area contributed by atoms with Crippen LogP contribution in [0.1, 0.15) is 0 Å². The van der Waals surface area contributed by atoms with Crippen molar-refractivity contribution in [3.8, 4) is 33.4 Å². The lowest BCUT2D eigenvalue weighted by Crippen LogP contribution is -2.11. The van der Waals surface area contributed by atoms with E-state index in [0.717, 1.165) is 99.5 Å². The first kappa shape index (κ1) is 58.6. The second-order valence-corrected chi connectivity index (χ2v) is 26.6. The molecule has 0 aliphatic rings. The van der Waals surface area contributed by atoms with E-state index in [1.54, 1.807) is 0 Å². The number of rotatable bonds is 9. The van der Waals surface area contributed by atoms with Gasteiger partial charge in [0.25, 0.3) is 0 Å². The van der Waals surface area contributed by atoms with Crippen molar-refractivity contribution in [3.63, 3.8) is 0 Å². The summed E-state index contributed by atoms with van der Waals surface area (Å²) in [5.41, 5.74) is 17.5. The SMILES string of the molecule is c1ccc2c(-c3ccc(-c4ccc(N(c5cc6ccccc6c6ccccc56)c5cccc6c5ccc5c7ccccc7oc65)cc4)cc3)cccc2c1.c1ccc2c(-c3ccc(N(c4ccc5c(ccc6ccccc65)c4)c4cccc5c4ccc4c6ccccc6oc54)cc3)cccc2c1. The summed E-state index contributed by atoms with van der Waals surface area (Å²) in [4.78, 5) is 4.82. The molecule has 21 rings (SSSR count). The zero-order chi connectivity index (χ0) is 67.2. The summed E-state index contributed by atoms with van der Waals surface area (Å²) < 4.78 is 13.0. The Labute approximate surface area is 588 Å². The molecule has 0 aliphatic heterocycles. The molecule has 4 nitrogen and oxygen atoms in total. The maximum absolute atomic E-state index is 6.54. The van der Waals surface area contributed by atoms with E-state index in [1.165, 1.54) is 98.0 Å². The van der Waals surface area contributed by atoms with E-state index in [2.05, 4.69) is 368 Å². The lowest BCUT2D eigenvalue weighted by molar-refractivity contribution is 0.672. The molecule has 21 aromatic rings. The molecule has 0 saturated heterocycles. The van der Waals surface area contributed by atoms with Gasteiger partial charge in [-0.2, -0.15) is 0 Å². The number of anilines is 6. The van der Waals surface area contributed by atoms with Crippen molar-refractivity contribution in [2.24, 2.45) is 0 Å². The van der Waals surface area contributed by atoms with Gasteiger partial charge in [0.1, 0.15) is 22.3 Å². The monoisotopic (exact) mass is 1300 g/mol. The topological polar surface area (TPSA) is 32.8 Å². The first-order valence-corrected chi connectivity index (χ1v) is 34.9. The highest BCUT2D eigenvalue weighted by molar-refractivity contribution is 6.21.